The Labute approximate surface area is 147 Å². The number of amides is 1. The van der Waals surface area contributed by atoms with Gasteiger partial charge in [0.15, 0.2) is 0 Å². The second-order valence-electron chi connectivity index (χ2n) is 6.62. The van der Waals surface area contributed by atoms with Gasteiger partial charge in [0.05, 0.1) is 30.2 Å². The number of aromatic nitrogens is 3. The molecule has 1 fully saturated rings. The van der Waals surface area contributed by atoms with Gasteiger partial charge in [-0.3, -0.25) is 14.4 Å². The molecule has 0 saturated carbocycles. The molecule has 25 heavy (non-hydrogen) atoms. The first kappa shape index (κ1) is 17.6. The van der Waals surface area contributed by atoms with Crippen LogP contribution in [0.25, 0.3) is 0 Å². The van der Waals surface area contributed by atoms with Gasteiger partial charge < -0.3 is 14.6 Å². The van der Waals surface area contributed by atoms with E-state index < -0.39 is 0 Å². The smallest absolute Gasteiger partial charge is 0.221 e. The molecule has 1 saturated heterocycles. The van der Waals surface area contributed by atoms with Crippen molar-refractivity contribution < 1.29 is 14.1 Å². The van der Waals surface area contributed by atoms with Crippen LogP contribution in [0.5, 0.6) is 0 Å². The lowest BCUT2D eigenvalue weighted by Gasteiger charge is -2.23. The van der Waals surface area contributed by atoms with E-state index >= 15 is 0 Å². The Morgan fingerprint density at radius 1 is 1.48 bits per heavy atom. The summed E-state index contributed by atoms with van der Waals surface area (Å²) in [7, 11) is 1.73. The molecule has 2 aromatic heterocycles. The van der Waals surface area contributed by atoms with Crippen LogP contribution in [0.3, 0.4) is 0 Å². The zero-order valence-corrected chi connectivity index (χ0v) is 15.2. The molecule has 2 aromatic rings. The number of carbonyl (C=O) groups excluding carboxylic acids is 1. The Morgan fingerprint density at radius 3 is 2.92 bits per heavy atom. The summed E-state index contributed by atoms with van der Waals surface area (Å²) in [5, 5.41) is 11.2. The van der Waals surface area contributed by atoms with Gasteiger partial charge in [0.25, 0.3) is 0 Å². The van der Waals surface area contributed by atoms with E-state index in [1.807, 2.05) is 24.7 Å². The molecule has 0 spiro atoms. The number of anilines is 1. The molecule has 0 aromatic carbocycles. The summed E-state index contributed by atoms with van der Waals surface area (Å²) in [5.74, 6) is 0.771. The highest BCUT2D eigenvalue weighted by atomic mass is 16.5. The van der Waals surface area contributed by atoms with E-state index in [-0.39, 0.29) is 11.9 Å². The number of hydrogen-bond acceptors (Lipinski definition) is 6. The van der Waals surface area contributed by atoms with Gasteiger partial charge in [-0.05, 0) is 20.3 Å². The molecule has 8 heteroatoms. The van der Waals surface area contributed by atoms with Crippen molar-refractivity contribution in [2.75, 3.05) is 25.6 Å². The lowest BCUT2D eigenvalue weighted by molar-refractivity contribution is -0.114. The number of nitrogens with one attached hydrogen (secondary N) is 1. The lowest BCUT2D eigenvalue weighted by Crippen LogP contribution is -2.32. The number of nitrogens with zero attached hydrogens (tertiary/aromatic N) is 4. The molecule has 136 valence electrons. The number of hydrogen-bond donors (Lipinski definition) is 1. The number of rotatable bonds is 6. The predicted molar refractivity (Wildman–Crippen MR) is 92.2 cm³/mol. The Bertz CT molecular complexity index is 719. The van der Waals surface area contributed by atoms with E-state index in [0.717, 1.165) is 42.2 Å². The monoisotopic (exact) mass is 347 g/mol. The number of methoxy groups -OCH3 is 1. The van der Waals surface area contributed by atoms with Crippen molar-refractivity contribution >= 4 is 11.6 Å². The SMILES string of the molecule is COC[C@@H]1C[C@H](n2cc(NC(C)=O)cn2)CN1Cc1c(C)noc1C. The Balaban J connectivity index is 1.73. The maximum Gasteiger partial charge on any atom is 0.221 e. The maximum atomic E-state index is 11.2. The minimum Gasteiger partial charge on any atom is -0.383 e. The standard InChI is InChI=1S/C17H25N5O3/c1-11-17(12(2)25-20-11)9-21-8-15(5-16(21)10-24-4)22-7-14(6-18-22)19-13(3)23/h6-7,15-16H,5,8-10H2,1-4H3,(H,19,23)/t15-,16-/m0/s1. The molecular formula is C17H25N5O3. The van der Waals surface area contributed by atoms with Crippen molar-refractivity contribution in [1.29, 1.82) is 0 Å². The molecule has 1 amide bonds. The van der Waals surface area contributed by atoms with Crippen molar-refractivity contribution in [2.24, 2.45) is 0 Å². The number of likely N-dealkylation sites (tertiary alicyclic amines) is 1. The van der Waals surface area contributed by atoms with E-state index in [4.69, 9.17) is 9.26 Å². The fraction of sp³-hybridized carbons (Fsp3) is 0.588. The van der Waals surface area contributed by atoms with Crippen molar-refractivity contribution in [3.05, 3.63) is 29.4 Å². The molecule has 0 bridgehead atoms. The van der Waals surface area contributed by atoms with E-state index in [0.29, 0.717) is 12.6 Å². The summed E-state index contributed by atoms with van der Waals surface area (Å²) in [6, 6.07) is 0.542. The summed E-state index contributed by atoms with van der Waals surface area (Å²) in [4.78, 5) is 13.6. The summed E-state index contributed by atoms with van der Waals surface area (Å²) < 4.78 is 12.6. The first-order chi connectivity index (χ1) is 12.0. The highest BCUT2D eigenvalue weighted by molar-refractivity contribution is 5.88. The minimum atomic E-state index is -0.0942. The van der Waals surface area contributed by atoms with Gasteiger partial charge in [-0.2, -0.15) is 5.10 Å². The molecule has 2 atom stereocenters. The Morgan fingerprint density at radius 2 is 2.28 bits per heavy atom. The third-order valence-electron chi connectivity index (χ3n) is 4.70. The molecule has 3 rings (SSSR count). The number of carbonyl (C=O) groups is 1. The first-order valence-corrected chi connectivity index (χ1v) is 8.44. The summed E-state index contributed by atoms with van der Waals surface area (Å²) in [6.45, 7) is 7.72. The van der Waals surface area contributed by atoms with Crippen LogP contribution in [0.2, 0.25) is 0 Å². The van der Waals surface area contributed by atoms with Crippen molar-refractivity contribution in [3.8, 4) is 0 Å². The van der Waals surface area contributed by atoms with Gasteiger partial charge >= 0.3 is 0 Å². The zero-order valence-electron chi connectivity index (χ0n) is 15.2. The highest BCUT2D eigenvalue weighted by Crippen LogP contribution is 2.30. The maximum absolute atomic E-state index is 11.2. The normalized spacial score (nSPS) is 21.0. The van der Waals surface area contributed by atoms with Crippen LogP contribution in [-0.4, -0.2) is 52.0 Å². The van der Waals surface area contributed by atoms with Crippen LogP contribution in [0.15, 0.2) is 16.9 Å². The third kappa shape index (κ3) is 3.91. The molecule has 8 nitrogen and oxygen atoms in total. The molecular weight excluding hydrogens is 322 g/mol. The van der Waals surface area contributed by atoms with Gasteiger partial charge in [-0.15, -0.1) is 0 Å². The second-order valence-corrected chi connectivity index (χ2v) is 6.62. The average Bonchev–Trinajstić information content (AvgIpc) is 3.24. The van der Waals surface area contributed by atoms with Crippen LogP contribution < -0.4 is 5.32 Å². The molecule has 0 unspecified atom stereocenters. The predicted octanol–water partition coefficient (Wildman–Crippen LogP) is 1.91. The van der Waals surface area contributed by atoms with E-state index in [2.05, 4.69) is 20.5 Å². The van der Waals surface area contributed by atoms with Crippen LogP contribution in [0.4, 0.5) is 5.69 Å². The van der Waals surface area contributed by atoms with E-state index in [9.17, 15) is 4.79 Å². The molecule has 1 aliphatic heterocycles. The topological polar surface area (TPSA) is 85.4 Å². The van der Waals surface area contributed by atoms with Gasteiger partial charge in [-0.1, -0.05) is 5.16 Å². The lowest BCUT2D eigenvalue weighted by atomic mass is 10.1. The zero-order chi connectivity index (χ0) is 18.0. The van der Waals surface area contributed by atoms with Crippen LogP contribution in [-0.2, 0) is 16.1 Å². The molecule has 0 radical (unpaired) electrons. The molecule has 3 heterocycles. The van der Waals surface area contributed by atoms with Gasteiger partial charge in [0, 0.05) is 44.9 Å². The van der Waals surface area contributed by atoms with Gasteiger partial charge in [0.1, 0.15) is 5.76 Å². The second kappa shape index (κ2) is 7.37. The van der Waals surface area contributed by atoms with Crippen LogP contribution >= 0.6 is 0 Å². The van der Waals surface area contributed by atoms with E-state index in [1.54, 1.807) is 13.3 Å². The van der Waals surface area contributed by atoms with Crippen molar-refractivity contribution in [2.45, 2.75) is 45.8 Å². The average molecular weight is 347 g/mol. The highest BCUT2D eigenvalue weighted by Gasteiger charge is 2.34. The molecule has 1 N–H and O–H groups in total. The quantitative estimate of drug-likeness (QED) is 0.859. The van der Waals surface area contributed by atoms with Gasteiger partial charge in [-0.25, -0.2) is 0 Å². The Kier molecular flexibility index (Phi) is 5.19. The van der Waals surface area contributed by atoms with Crippen molar-refractivity contribution in [1.82, 2.24) is 19.8 Å². The van der Waals surface area contributed by atoms with Crippen LogP contribution in [0.1, 0.15) is 36.4 Å². The first-order valence-electron chi connectivity index (χ1n) is 8.44. The Hall–Kier alpha value is -2.19. The number of aryl methyl sites for hydroxylation is 2. The van der Waals surface area contributed by atoms with E-state index in [1.165, 1.54) is 6.92 Å². The number of ether oxygens (including phenoxy) is 1. The largest absolute Gasteiger partial charge is 0.383 e. The fourth-order valence-electron chi connectivity index (χ4n) is 3.44. The van der Waals surface area contributed by atoms with Crippen molar-refractivity contribution in [3.63, 3.8) is 0 Å². The minimum absolute atomic E-state index is 0.0942. The molecule has 0 aliphatic carbocycles. The summed E-state index contributed by atoms with van der Waals surface area (Å²) >= 11 is 0. The van der Waals surface area contributed by atoms with Crippen LogP contribution in [0, 0.1) is 13.8 Å². The molecule has 1 aliphatic rings. The van der Waals surface area contributed by atoms with Gasteiger partial charge in [0.2, 0.25) is 5.91 Å². The fourth-order valence-corrected chi connectivity index (χ4v) is 3.44. The summed E-state index contributed by atoms with van der Waals surface area (Å²) in [5.41, 5.74) is 2.80. The third-order valence-corrected chi connectivity index (χ3v) is 4.70. The summed E-state index contributed by atoms with van der Waals surface area (Å²) in [6.07, 6.45) is 4.51.